The standard InChI is InChI=1S/C10H11FN2O2S/c11-10-5-8(6-13)1-2-9(10)7-16(14,15)4-3-12/h1-2,5H,3-4,7,12H2. The predicted octanol–water partition coefficient (Wildman–Crippen LogP) is 0.571. The zero-order valence-electron chi connectivity index (χ0n) is 8.48. The molecule has 0 amide bonds. The van der Waals surface area contributed by atoms with E-state index in [1.807, 2.05) is 0 Å². The fourth-order valence-electron chi connectivity index (χ4n) is 1.22. The summed E-state index contributed by atoms with van der Waals surface area (Å²) in [4.78, 5) is 0. The maximum absolute atomic E-state index is 13.4. The molecule has 1 aromatic rings. The van der Waals surface area contributed by atoms with Gasteiger partial charge in [0.2, 0.25) is 0 Å². The van der Waals surface area contributed by atoms with Crippen molar-refractivity contribution in [3.8, 4) is 6.07 Å². The number of hydrogen-bond acceptors (Lipinski definition) is 4. The largest absolute Gasteiger partial charge is 0.329 e. The van der Waals surface area contributed by atoms with Gasteiger partial charge in [-0.15, -0.1) is 0 Å². The van der Waals surface area contributed by atoms with Gasteiger partial charge in [0.15, 0.2) is 9.84 Å². The van der Waals surface area contributed by atoms with Crippen molar-refractivity contribution < 1.29 is 12.8 Å². The molecule has 0 bridgehead atoms. The highest BCUT2D eigenvalue weighted by molar-refractivity contribution is 7.90. The predicted molar refractivity (Wildman–Crippen MR) is 57.7 cm³/mol. The summed E-state index contributed by atoms with van der Waals surface area (Å²) in [5, 5.41) is 8.52. The lowest BCUT2D eigenvalue weighted by molar-refractivity contribution is 0.587. The molecule has 4 nitrogen and oxygen atoms in total. The molecule has 0 unspecified atom stereocenters. The minimum absolute atomic E-state index is 0.0141. The van der Waals surface area contributed by atoms with E-state index in [-0.39, 0.29) is 29.2 Å². The molecule has 86 valence electrons. The lowest BCUT2D eigenvalue weighted by Gasteiger charge is -2.04. The van der Waals surface area contributed by atoms with Gasteiger partial charge in [0.1, 0.15) is 5.82 Å². The Morgan fingerprint density at radius 1 is 1.44 bits per heavy atom. The van der Waals surface area contributed by atoms with E-state index in [0.717, 1.165) is 6.07 Å². The van der Waals surface area contributed by atoms with Gasteiger partial charge in [-0.3, -0.25) is 0 Å². The molecule has 0 spiro atoms. The van der Waals surface area contributed by atoms with Crippen molar-refractivity contribution in [1.29, 1.82) is 5.26 Å². The summed E-state index contributed by atoms with van der Waals surface area (Å²) in [6.45, 7) is 0.0141. The number of halogens is 1. The molecular weight excluding hydrogens is 231 g/mol. The van der Waals surface area contributed by atoms with Gasteiger partial charge in [-0.1, -0.05) is 6.07 Å². The van der Waals surface area contributed by atoms with E-state index >= 15 is 0 Å². The monoisotopic (exact) mass is 242 g/mol. The highest BCUT2D eigenvalue weighted by atomic mass is 32.2. The Hall–Kier alpha value is -1.45. The first-order valence-electron chi connectivity index (χ1n) is 4.57. The Labute approximate surface area is 93.4 Å². The molecule has 0 saturated heterocycles. The van der Waals surface area contributed by atoms with E-state index < -0.39 is 15.7 Å². The lowest BCUT2D eigenvalue weighted by Crippen LogP contribution is -2.17. The Morgan fingerprint density at radius 2 is 2.12 bits per heavy atom. The smallest absolute Gasteiger partial charge is 0.155 e. The van der Waals surface area contributed by atoms with Crippen LogP contribution in [0.15, 0.2) is 18.2 Å². The summed E-state index contributed by atoms with van der Waals surface area (Å²) in [5.41, 5.74) is 5.36. The van der Waals surface area contributed by atoms with E-state index in [1.165, 1.54) is 12.1 Å². The Balaban J connectivity index is 2.96. The van der Waals surface area contributed by atoms with Crippen LogP contribution >= 0.6 is 0 Å². The van der Waals surface area contributed by atoms with Crippen LogP contribution in [-0.2, 0) is 15.6 Å². The van der Waals surface area contributed by atoms with Gasteiger partial charge in [0.05, 0.1) is 23.1 Å². The number of rotatable bonds is 4. The van der Waals surface area contributed by atoms with Gasteiger partial charge >= 0.3 is 0 Å². The summed E-state index contributed by atoms with van der Waals surface area (Å²) in [7, 11) is -3.37. The normalized spacial score (nSPS) is 11.1. The zero-order valence-corrected chi connectivity index (χ0v) is 9.30. The van der Waals surface area contributed by atoms with Crippen molar-refractivity contribution >= 4 is 9.84 Å². The third-order valence-electron chi connectivity index (χ3n) is 1.99. The van der Waals surface area contributed by atoms with Gasteiger partial charge in [-0.05, 0) is 12.1 Å². The van der Waals surface area contributed by atoms with Crippen LogP contribution in [0, 0.1) is 17.1 Å². The van der Waals surface area contributed by atoms with Crippen LogP contribution < -0.4 is 5.73 Å². The first-order chi connectivity index (χ1) is 7.48. The molecule has 0 fully saturated rings. The molecule has 1 rings (SSSR count). The third-order valence-corrected chi connectivity index (χ3v) is 3.59. The fraction of sp³-hybridized carbons (Fsp3) is 0.300. The highest BCUT2D eigenvalue weighted by Crippen LogP contribution is 2.13. The first kappa shape index (κ1) is 12.6. The first-order valence-corrected chi connectivity index (χ1v) is 6.39. The number of hydrogen-bond donors (Lipinski definition) is 1. The SMILES string of the molecule is N#Cc1ccc(CS(=O)(=O)CCN)c(F)c1. The van der Waals surface area contributed by atoms with Gasteiger partial charge in [0, 0.05) is 12.1 Å². The molecule has 1 aromatic carbocycles. The van der Waals surface area contributed by atoms with Gasteiger partial charge in [-0.2, -0.15) is 5.26 Å². The average Bonchev–Trinajstić information content (AvgIpc) is 2.20. The topological polar surface area (TPSA) is 84.0 Å². The maximum atomic E-state index is 13.4. The van der Waals surface area contributed by atoms with Crippen molar-refractivity contribution in [2.24, 2.45) is 5.73 Å². The summed E-state index contributed by atoms with van der Waals surface area (Å²) in [6, 6.07) is 5.49. The molecule has 16 heavy (non-hydrogen) atoms. The number of nitrogens with zero attached hydrogens (tertiary/aromatic N) is 1. The van der Waals surface area contributed by atoms with Crippen molar-refractivity contribution in [3.05, 3.63) is 35.1 Å². The van der Waals surface area contributed by atoms with Gasteiger partial charge in [-0.25, -0.2) is 12.8 Å². The lowest BCUT2D eigenvalue weighted by atomic mass is 10.1. The van der Waals surface area contributed by atoms with E-state index in [0.29, 0.717) is 0 Å². The molecule has 0 saturated carbocycles. The molecule has 0 heterocycles. The zero-order chi connectivity index (χ0) is 12.2. The molecule has 0 aliphatic rings. The number of nitrogens with two attached hydrogens (primary N) is 1. The molecule has 0 aromatic heterocycles. The molecular formula is C10H11FN2O2S. The molecule has 0 aliphatic heterocycles. The summed E-state index contributed by atoms with van der Waals surface area (Å²) in [5.74, 6) is -1.24. The van der Waals surface area contributed by atoms with Crippen molar-refractivity contribution in [3.63, 3.8) is 0 Å². The summed E-state index contributed by atoms with van der Waals surface area (Å²) >= 11 is 0. The highest BCUT2D eigenvalue weighted by Gasteiger charge is 2.14. The van der Waals surface area contributed by atoms with Crippen LogP contribution in [-0.4, -0.2) is 20.7 Å². The van der Waals surface area contributed by atoms with Crippen LogP contribution in [0.25, 0.3) is 0 Å². The van der Waals surface area contributed by atoms with Crippen LogP contribution in [0.1, 0.15) is 11.1 Å². The van der Waals surface area contributed by atoms with Gasteiger partial charge in [0.25, 0.3) is 0 Å². The Morgan fingerprint density at radius 3 is 2.62 bits per heavy atom. The van der Waals surface area contributed by atoms with Crippen LogP contribution in [0.3, 0.4) is 0 Å². The molecule has 2 N–H and O–H groups in total. The number of sulfone groups is 1. The van der Waals surface area contributed by atoms with Crippen LogP contribution in [0.5, 0.6) is 0 Å². The Bertz CT molecular complexity index is 520. The Kier molecular flexibility index (Phi) is 3.99. The number of benzene rings is 1. The molecule has 0 radical (unpaired) electrons. The van der Waals surface area contributed by atoms with E-state index in [4.69, 9.17) is 11.0 Å². The second-order valence-electron chi connectivity index (χ2n) is 3.30. The van der Waals surface area contributed by atoms with E-state index in [9.17, 15) is 12.8 Å². The minimum Gasteiger partial charge on any atom is -0.329 e. The van der Waals surface area contributed by atoms with Crippen LogP contribution in [0.4, 0.5) is 4.39 Å². The minimum atomic E-state index is -3.37. The second kappa shape index (κ2) is 5.05. The second-order valence-corrected chi connectivity index (χ2v) is 5.48. The fourth-order valence-corrected chi connectivity index (χ4v) is 2.43. The van der Waals surface area contributed by atoms with E-state index in [1.54, 1.807) is 6.07 Å². The van der Waals surface area contributed by atoms with Crippen molar-refractivity contribution in [2.75, 3.05) is 12.3 Å². The van der Waals surface area contributed by atoms with Crippen molar-refractivity contribution in [2.45, 2.75) is 5.75 Å². The third kappa shape index (κ3) is 3.29. The average molecular weight is 242 g/mol. The quantitative estimate of drug-likeness (QED) is 0.836. The molecule has 0 aliphatic carbocycles. The van der Waals surface area contributed by atoms with E-state index in [2.05, 4.69) is 0 Å². The van der Waals surface area contributed by atoms with Crippen molar-refractivity contribution in [1.82, 2.24) is 0 Å². The summed E-state index contributed by atoms with van der Waals surface area (Å²) < 4.78 is 36.2. The maximum Gasteiger partial charge on any atom is 0.155 e. The van der Waals surface area contributed by atoms with Crippen LogP contribution in [0.2, 0.25) is 0 Å². The molecule has 0 atom stereocenters. The summed E-state index contributed by atoms with van der Waals surface area (Å²) in [6.07, 6.45) is 0. The molecule has 6 heteroatoms. The van der Waals surface area contributed by atoms with Gasteiger partial charge < -0.3 is 5.73 Å². The number of nitriles is 1.